The number of nitrogens with zero attached hydrogens (tertiary/aromatic N) is 1. The summed E-state index contributed by atoms with van der Waals surface area (Å²) < 4.78 is 10.9. The van der Waals surface area contributed by atoms with Gasteiger partial charge in [-0.1, -0.05) is 18.2 Å². The molecular weight excluding hydrogens is 264 g/mol. The first kappa shape index (κ1) is 12.5. The van der Waals surface area contributed by atoms with E-state index in [1.54, 1.807) is 0 Å². The van der Waals surface area contributed by atoms with E-state index in [0.29, 0.717) is 13.3 Å². The van der Waals surface area contributed by atoms with Crippen molar-refractivity contribution in [2.45, 2.75) is 19.5 Å². The van der Waals surface area contributed by atoms with Gasteiger partial charge in [-0.2, -0.15) is 0 Å². The molecule has 0 fully saturated rings. The molecule has 0 saturated heterocycles. The molecular formula is C17H18N2O2. The fourth-order valence-corrected chi connectivity index (χ4v) is 3.29. The number of benzene rings is 2. The molecule has 4 rings (SSSR count). The molecule has 0 spiro atoms. The Balaban J connectivity index is 1.75. The molecule has 1 atom stereocenters. The molecule has 0 radical (unpaired) electrons. The van der Waals surface area contributed by atoms with Crippen molar-refractivity contribution in [1.82, 2.24) is 0 Å². The third-order valence-corrected chi connectivity index (χ3v) is 4.42. The molecule has 2 aromatic rings. The summed E-state index contributed by atoms with van der Waals surface area (Å²) in [7, 11) is 0. The Hall–Kier alpha value is -2.20. The van der Waals surface area contributed by atoms with Crippen LogP contribution < -0.4 is 20.1 Å². The minimum absolute atomic E-state index is 0.222. The van der Waals surface area contributed by atoms with E-state index in [2.05, 4.69) is 36.1 Å². The van der Waals surface area contributed by atoms with Gasteiger partial charge in [-0.25, -0.2) is 0 Å². The normalized spacial score (nSPS) is 19.0. The maximum Gasteiger partial charge on any atom is 0.231 e. The van der Waals surface area contributed by atoms with E-state index >= 15 is 0 Å². The average molecular weight is 282 g/mol. The van der Waals surface area contributed by atoms with Gasteiger partial charge >= 0.3 is 0 Å². The fraction of sp³-hybridized carbons (Fsp3) is 0.294. The Morgan fingerprint density at radius 1 is 1.19 bits per heavy atom. The van der Waals surface area contributed by atoms with Crippen molar-refractivity contribution >= 4 is 5.69 Å². The molecule has 1 unspecified atom stereocenters. The monoisotopic (exact) mass is 282 g/mol. The third kappa shape index (κ3) is 1.87. The first-order chi connectivity index (χ1) is 10.3. The zero-order valence-corrected chi connectivity index (χ0v) is 12.0. The number of anilines is 1. The van der Waals surface area contributed by atoms with Gasteiger partial charge in [-0.15, -0.1) is 0 Å². The van der Waals surface area contributed by atoms with Gasteiger partial charge in [0.25, 0.3) is 0 Å². The lowest BCUT2D eigenvalue weighted by atomic mass is 10.0. The molecule has 2 aliphatic rings. The second-order valence-electron chi connectivity index (χ2n) is 5.56. The summed E-state index contributed by atoms with van der Waals surface area (Å²) >= 11 is 0. The van der Waals surface area contributed by atoms with Crippen LogP contribution in [0.3, 0.4) is 0 Å². The molecule has 0 aromatic heterocycles. The Labute approximate surface area is 124 Å². The average Bonchev–Trinajstić information content (AvgIpc) is 3.10. The maximum atomic E-state index is 6.04. The van der Waals surface area contributed by atoms with Crippen molar-refractivity contribution in [3.63, 3.8) is 0 Å². The molecule has 0 bridgehead atoms. The van der Waals surface area contributed by atoms with Gasteiger partial charge in [-0.3, -0.25) is 0 Å². The number of nitrogens with two attached hydrogens (primary N) is 1. The highest BCUT2D eigenvalue weighted by molar-refractivity contribution is 5.61. The van der Waals surface area contributed by atoms with Crippen LogP contribution in [0.4, 0.5) is 5.69 Å². The number of ether oxygens (including phenoxy) is 2. The molecule has 0 saturated carbocycles. The zero-order chi connectivity index (χ0) is 14.4. The summed E-state index contributed by atoms with van der Waals surface area (Å²) in [6.45, 7) is 3.96. The Kier molecular flexibility index (Phi) is 2.79. The van der Waals surface area contributed by atoms with E-state index in [0.717, 1.165) is 23.7 Å². The predicted octanol–water partition coefficient (Wildman–Crippen LogP) is 2.74. The van der Waals surface area contributed by atoms with Gasteiger partial charge in [0, 0.05) is 24.8 Å². The molecule has 21 heavy (non-hydrogen) atoms. The van der Waals surface area contributed by atoms with Crippen molar-refractivity contribution in [2.75, 3.05) is 18.2 Å². The van der Waals surface area contributed by atoms with Crippen LogP contribution in [0.15, 0.2) is 36.4 Å². The van der Waals surface area contributed by atoms with E-state index in [-0.39, 0.29) is 6.04 Å². The van der Waals surface area contributed by atoms with E-state index in [1.807, 2.05) is 12.1 Å². The number of rotatable bonds is 2. The predicted molar refractivity (Wildman–Crippen MR) is 81.7 cm³/mol. The molecule has 108 valence electrons. The van der Waals surface area contributed by atoms with E-state index in [4.69, 9.17) is 15.2 Å². The first-order valence-corrected chi connectivity index (χ1v) is 7.22. The quantitative estimate of drug-likeness (QED) is 0.920. The second kappa shape index (κ2) is 4.67. The standard InChI is InChI=1S/C17H18N2O2/c1-11-3-2-4-13-14(11)9-19(15(13)8-18)12-5-6-16-17(7-12)21-10-20-16/h2-7,15H,8-10,18H2,1H3. The fourth-order valence-electron chi connectivity index (χ4n) is 3.29. The first-order valence-electron chi connectivity index (χ1n) is 7.22. The lowest BCUT2D eigenvalue weighted by molar-refractivity contribution is 0.174. The zero-order valence-electron chi connectivity index (χ0n) is 12.0. The van der Waals surface area contributed by atoms with E-state index in [1.165, 1.54) is 16.7 Å². The van der Waals surface area contributed by atoms with Gasteiger partial charge < -0.3 is 20.1 Å². The summed E-state index contributed by atoms with van der Waals surface area (Å²) in [6, 6.07) is 12.8. The van der Waals surface area contributed by atoms with Crippen molar-refractivity contribution in [1.29, 1.82) is 0 Å². The largest absolute Gasteiger partial charge is 0.454 e. The van der Waals surface area contributed by atoms with Crippen LogP contribution in [0.5, 0.6) is 11.5 Å². The van der Waals surface area contributed by atoms with Crippen LogP contribution in [0, 0.1) is 6.92 Å². The minimum atomic E-state index is 0.222. The molecule has 4 heteroatoms. The molecule has 2 aromatic carbocycles. The summed E-state index contributed by atoms with van der Waals surface area (Å²) in [5.41, 5.74) is 11.2. The number of aryl methyl sites for hydroxylation is 1. The smallest absolute Gasteiger partial charge is 0.231 e. The summed E-state index contributed by atoms with van der Waals surface area (Å²) in [5.74, 6) is 1.63. The summed E-state index contributed by atoms with van der Waals surface area (Å²) in [6.07, 6.45) is 0. The maximum absolute atomic E-state index is 6.04. The van der Waals surface area contributed by atoms with Crippen LogP contribution in [0.25, 0.3) is 0 Å². The van der Waals surface area contributed by atoms with Crippen LogP contribution >= 0.6 is 0 Å². The lowest BCUT2D eigenvalue weighted by Gasteiger charge is -2.26. The molecule has 2 aliphatic heterocycles. The van der Waals surface area contributed by atoms with Gasteiger partial charge in [0.1, 0.15) is 0 Å². The van der Waals surface area contributed by atoms with Gasteiger partial charge in [0.2, 0.25) is 6.79 Å². The van der Waals surface area contributed by atoms with Crippen molar-refractivity contribution in [3.05, 3.63) is 53.1 Å². The molecule has 0 amide bonds. The highest BCUT2D eigenvalue weighted by Crippen LogP contribution is 2.42. The van der Waals surface area contributed by atoms with E-state index in [9.17, 15) is 0 Å². The van der Waals surface area contributed by atoms with Gasteiger partial charge in [0.05, 0.1) is 6.04 Å². The van der Waals surface area contributed by atoms with Crippen LogP contribution in [-0.4, -0.2) is 13.3 Å². The Bertz CT molecular complexity index is 699. The Morgan fingerprint density at radius 3 is 2.90 bits per heavy atom. The van der Waals surface area contributed by atoms with Crippen molar-refractivity contribution < 1.29 is 9.47 Å². The molecule has 0 aliphatic carbocycles. The van der Waals surface area contributed by atoms with Crippen molar-refractivity contribution in [3.8, 4) is 11.5 Å². The number of fused-ring (bicyclic) bond motifs is 2. The topological polar surface area (TPSA) is 47.7 Å². The lowest BCUT2D eigenvalue weighted by Crippen LogP contribution is -2.27. The summed E-state index contributed by atoms with van der Waals surface area (Å²) in [4.78, 5) is 2.35. The van der Waals surface area contributed by atoms with E-state index < -0.39 is 0 Å². The van der Waals surface area contributed by atoms with Crippen LogP contribution in [0.1, 0.15) is 22.7 Å². The van der Waals surface area contributed by atoms with Crippen LogP contribution in [0.2, 0.25) is 0 Å². The van der Waals surface area contributed by atoms with Gasteiger partial charge in [0.15, 0.2) is 11.5 Å². The summed E-state index contributed by atoms with van der Waals surface area (Å²) in [5, 5.41) is 0. The third-order valence-electron chi connectivity index (χ3n) is 4.42. The SMILES string of the molecule is Cc1cccc2c1CN(c1ccc3c(c1)OCO3)C2CN. The molecule has 2 heterocycles. The highest BCUT2D eigenvalue weighted by atomic mass is 16.7. The highest BCUT2D eigenvalue weighted by Gasteiger charge is 2.31. The van der Waals surface area contributed by atoms with Crippen LogP contribution in [-0.2, 0) is 6.54 Å². The minimum Gasteiger partial charge on any atom is -0.454 e. The number of hydrogen-bond acceptors (Lipinski definition) is 4. The Morgan fingerprint density at radius 2 is 2.05 bits per heavy atom. The molecule has 2 N–H and O–H groups in total. The second-order valence-corrected chi connectivity index (χ2v) is 5.56. The molecule has 4 nitrogen and oxygen atoms in total. The van der Waals surface area contributed by atoms with Crippen molar-refractivity contribution in [2.24, 2.45) is 5.73 Å². The number of hydrogen-bond donors (Lipinski definition) is 1. The van der Waals surface area contributed by atoms with Gasteiger partial charge in [-0.05, 0) is 35.7 Å².